The molecule has 0 radical (unpaired) electrons. The Morgan fingerprint density at radius 2 is 2.05 bits per heavy atom. The van der Waals surface area contributed by atoms with E-state index in [1.165, 1.54) is 9.13 Å². The van der Waals surface area contributed by atoms with Gasteiger partial charge in [0.05, 0.1) is 6.21 Å². The topological polar surface area (TPSA) is 72.4 Å². The first-order valence-corrected chi connectivity index (χ1v) is 7.52. The largest absolute Gasteiger partial charge is 0.350 e. The SMILES string of the molecule is Cc1cc(-n2c(C)cc(/C=N\NC(N)=O)c2C)ccc1I. The molecule has 0 spiro atoms. The fraction of sp³-hybridized carbons (Fsp3) is 0.200. The predicted octanol–water partition coefficient (Wildman–Crippen LogP) is 3.01. The highest BCUT2D eigenvalue weighted by atomic mass is 127. The number of urea groups is 1. The van der Waals surface area contributed by atoms with E-state index in [-0.39, 0.29) is 0 Å². The zero-order valence-corrected chi connectivity index (χ0v) is 14.3. The number of amides is 2. The zero-order valence-electron chi connectivity index (χ0n) is 12.1. The van der Waals surface area contributed by atoms with Crippen LogP contribution in [0.4, 0.5) is 4.79 Å². The predicted molar refractivity (Wildman–Crippen MR) is 93.0 cm³/mol. The third kappa shape index (κ3) is 3.44. The molecule has 2 amide bonds. The number of nitrogens with one attached hydrogen (secondary N) is 1. The van der Waals surface area contributed by atoms with Gasteiger partial charge in [0.1, 0.15) is 0 Å². The molecular formula is C15H17IN4O. The lowest BCUT2D eigenvalue weighted by atomic mass is 10.2. The van der Waals surface area contributed by atoms with E-state index in [4.69, 9.17) is 5.73 Å². The van der Waals surface area contributed by atoms with Crippen molar-refractivity contribution in [3.05, 3.63) is 50.4 Å². The second-order valence-electron chi connectivity index (χ2n) is 4.83. The Hall–Kier alpha value is -1.83. The van der Waals surface area contributed by atoms with Gasteiger partial charge in [0.2, 0.25) is 0 Å². The Morgan fingerprint density at radius 1 is 1.33 bits per heavy atom. The zero-order chi connectivity index (χ0) is 15.6. The molecule has 0 fully saturated rings. The molecule has 1 aromatic carbocycles. The van der Waals surface area contributed by atoms with Crippen LogP contribution in [0.25, 0.3) is 5.69 Å². The number of aromatic nitrogens is 1. The average Bonchev–Trinajstić information content (AvgIpc) is 2.68. The van der Waals surface area contributed by atoms with Gasteiger partial charge in [-0.2, -0.15) is 5.10 Å². The van der Waals surface area contributed by atoms with E-state index < -0.39 is 6.03 Å². The molecule has 0 unspecified atom stereocenters. The minimum atomic E-state index is -0.673. The molecule has 2 rings (SSSR count). The molecule has 2 aromatic rings. The summed E-state index contributed by atoms with van der Waals surface area (Å²) in [6.45, 7) is 6.16. The number of carbonyl (C=O) groups excluding carboxylic acids is 1. The molecule has 0 saturated heterocycles. The summed E-state index contributed by atoms with van der Waals surface area (Å²) in [5.74, 6) is 0. The summed E-state index contributed by atoms with van der Waals surface area (Å²) in [6, 6.07) is 7.71. The molecular weight excluding hydrogens is 379 g/mol. The highest BCUT2D eigenvalue weighted by molar-refractivity contribution is 14.1. The summed E-state index contributed by atoms with van der Waals surface area (Å²) < 4.78 is 3.40. The highest BCUT2D eigenvalue weighted by Crippen LogP contribution is 2.22. The lowest BCUT2D eigenvalue weighted by Crippen LogP contribution is -2.24. The van der Waals surface area contributed by atoms with Crippen molar-refractivity contribution < 1.29 is 4.79 Å². The molecule has 0 aliphatic heterocycles. The van der Waals surface area contributed by atoms with Crippen molar-refractivity contribution in [2.45, 2.75) is 20.8 Å². The van der Waals surface area contributed by atoms with E-state index >= 15 is 0 Å². The van der Waals surface area contributed by atoms with Gasteiger partial charge in [0.15, 0.2) is 0 Å². The van der Waals surface area contributed by atoms with E-state index in [0.29, 0.717) is 0 Å². The van der Waals surface area contributed by atoms with Gasteiger partial charge in [0.25, 0.3) is 0 Å². The molecule has 110 valence electrons. The molecule has 1 heterocycles. The quantitative estimate of drug-likeness (QED) is 0.467. The van der Waals surface area contributed by atoms with E-state index in [1.54, 1.807) is 6.21 Å². The summed E-state index contributed by atoms with van der Waals surface area (Å²) in [6.07, 6.45) is 1.60. The number of nitrogens with zero attached hydrogens (tertiary/aromatic N) is 2. The normalized spacial score (nSPS) is 11.0. The maximum Gasteiger partial charge on any atom is 0.332 e. The number of rotatable bonds is 3. The number of halogens is 1. The maximum absolute atomic E-state index is 10.6. The first kappa shape index (κ1) is 15.6. The van der Waals surface area contributed by atoms with Crippen LogP contribution in [0.3, 0.4) is 0 Å². The monoisotopic (exact) mass is 396 g/mol. The van der Waals surface area contributed by atoms with Gasteiger partial charge in [0, 0.05) is 26.2 Å². The molecule has 5 nitrogen and oxygen atoms in total. The van der Waals surface area contributed by atoms with Crippen LogP contribution < -0.4 is 11.2 Å². The third-order valence-corrected chi connectivity index (χ3v) is 4.46. The Labute approximate surface area is 137 Å². The molecule has 21 heavy (non-hydrogen) atoms. The van der Waals surface area contributed by atoms with Gasteiger partial charge in [-0.05, 0) is 73.2 Å². The fourth-order valence-corrected chi connectivity index (χ4v) is 2.58. The summed E-state index contributed by atoms with van der Waals surface area (Å²) >= 11 is 2.32. The first-order chi connectivity index (χ1) is 9.90. The maximum atomic E-state index is 10.6. The number of aryl methyl sites for hydroxylation is 2. The number of hydrogen-bond donors (Lipinski definition) is 2. The molecule has 6 heteroatoms. The van der Waals surface area contributed by atoms with Crippen molar-refractivity contribution in [3.8, 4) is 5.69 Å². The Kier molecular flexibility index (Phi) is 4.66. The van der Waals surface area contributed by atoms with Crippen molar-refractivity contribution in [2.75, 3.05) is 0 Å². The highest BCUT2D eigenvalue weighted by Gasteiger charge is 2.10. The van der Waals surface area contributed by atoms with Crippen LogP contribution in [-0.2, 0) is 0 Å². The minimum Gasteiger partial charge on any atom is -0.350 e. The van der Waals surface area contributed by atoms with Crippen LogP contribution >= 0.6 is 22.6 Å². The van der Waals surface area contributed by atoms with Gasteiger partial charge in [-0.3, -0.25) is 0 Å². The van der Waals surface area contributed by atoms with E-state index in [0.717, 1.165) is 22.6 Å². The van der Waals surface area contributed by atoms with Crippen LogP contribution in [0.2, 0.25) is 0 Å². The molecule has 0 aliphatic rings. The van der Waals surface area contributed by atoms with Gasteiger partial charge in [-0.25, -0.2) is 10.2 Å². The van der Waals surface area contributed by atoms with Crippen molar-refractivity contribution in [3.63, 3.8) is 0 Å². The van der Waals surface area contributed by atoms with Crippen molar-refractivity contribution >= 4 is 34.8 Å². The van der Waals surface area contributed by atoms with Crippen molar-refractivity contribution in [2.24, 2.45) is 10.8 Å². The Balaban J connectivity index is 2.41. The second kappa shape index (κ2) is 6.30. The number of nitrogens with two attached hydrogens (primary N) is 1. The van der Waals surface area contributed by atoms with Gasteiger partial charge in [-0.1, -0.05) is 0 Å². The molecule has 1 aromatic heterocycles. The molecule has 0 saturated carbocycles. The van der Waals surface area contributed by atoms with Crippen LogP contribution in [0, 0.1) is 24.3 Å². The fourth-order valence-electron chi connectivity index (χ4n) is 2.25. The summed E-state index contributed by atoms with van der Waals surface area (Å²) in [5.41, 5.74) is 12.6. The summed E-state index contributed by atoms with van der Waals surface area (Å²) in [4.78, 5) is 10.6. The first-order valence-electron chi connectivity index (χ1n) is 6.44. The van der Waals surface area contributed by atoms with Crippen LogP contribution in [-0.4, -0.2) is 16.8 Å². The Bertz CT molecular complexity index is 719. The van der Waals surface area contributed by atoms with E-state index in [2.05, 4.69) is 62.8 Å². The molecule has 0 atom stereocenters. The number of benzene rings is 1. The van der Waals surface area contributed by atoms with Crippen LogP contribution in [0.1, 0.15) is 22.5 Å². The van der Waals surface area contributed by atoms with Crippen LogP contribution in [0.15, 0.2) is 29.4 Å². The number of hydrazone groups is 1. The molecule has 3 N–H and O–H groups in total. The van der Waals surface area contributed by atoms with Crippen LogP contribution in [0.5, 0.6) is 0 Å². The average molecular weight is 396 g/mol. The van der Waals surface area contributed by atoms with E-state index in [1.807, 2.05) is 19.9 Å². The molecule has 0 bridgehead atoms. The summed E-state index contributed by atoms with van der Waals surface area (Å²) in [5, 5.41) is 3.82. The third-order valence-electron chi connectivity index (χ3n) is 3.25. The lowest BCUT2D eigenvalue weighted by molar-refractivity contribution is 0.249. The summed E-state index contributed by atoms with van der Waals surface area (Å²) in [7, 11) is 0. The van der Waals surface area contributed by atoms with Gasteiger partial charge < -0.3 is 10.3 Å². The van der Waals surface area contributed by atoms with Crippen molar-refractivity contribution in [1.82, 2.24) is 9.99 Å². The lowest BCUT2D eigenvalue weighted by Gasteiger charge is -2.11. The second-order valence-corrected chi connectivity index (χ2v) is 5.99. The van der Waals surface area contributed by atoms with Crippen molar-refractivity contribution in [1.29, 1.82) is 0 Å². The van der Waals surface area contributed by atoms with Gasteiger partial charge in [-0.15, -0.1) is 0 Å². The van der Waals surface area contributed by atoms with Gasteiger partial charge >= 0.3 is 6.03 Å². The minimum absolute atomic E-state index is 0.673. The Morgan fingerprint density at radius 3 is 2.67 bits per heavy atom. The van der Waals surface area contributed by atoms with E-state index in [9.17, 15) is 4.79 Å². The standard InChI is InChI=1S/C15H17IN4O/c1-9-6-13(4-5-14(9)16)20-10(2)7-12(11(20)3)8-18-19-15(17)21/h4-8H,1-3H3,(H3,17,19,21)/b18-8-. The number of primary amides is 1. The smallest absolute Gasteiger partial charge is 0.332 e. The molecule has 0 aliphatic carbocycles. The number of hydrogen-bond acceptors (Lipinski definition) is 2. The number of carbonyl (C=O) groups is 1.